The van der Waals surface area contributed by atoms with Crippen LogP contribution in [0.3, 0.4) is 0 Å². The van der Waals surface area contributed by atoms with Gasteiger partial charge in [-0.2, -0.15) is 0 Å². The highest BCUT2D eigenvalue weighted by atomic mass is 32.1. The van der Waals surface area contributed by atoms with Crippen LogP contribution in [0.5, 0.6) is 0 Å². The summed E-state index contributed by atoms with van der Waals surface area (Å²) in [7, 11) is 0. The molecule has 0 radical (unpaired) electrons. The topological polar surface area (TPSA) is 48.6 Å². The molecule has 2 rings (SSSR count). The first kappa shape index (κ1) is 9.36. The molecule has 0 aliphatic rings. The van der Waals surface area contributed by atoms with Crippen molar-refractivity contribution in [3.8, 4) is 0 Å². The molecule has 72 valence electrons. The number of hydrogen-bond acceptors (Lipinski definition) is 3. The maximum Gasteiger partial charge on any atom is 0.251 e. The average molecular weight is 224 g/mol. The fraction of sp³-hybridized carbons (Fsp3) is 0.111. The summed E-state index contributed by atoms with van der Waals surface area (Å²) in [6, 6.07) is 5.56. The zero-order chi connectivity index (χ0) is 9.97. The summed E-state index contributed by atoms with van der Waals surface area (Å²) in [5.41, 5.74) is 0.696. The number of aromatic amines is 2. The lowest BCUT2D eigenvalue weighted by atomic mass is 10.2. The van der Waals surface area contributed by atoms with Gasteiger partial charge in [0, 0.05) is 23.1 Å². The van der Waals surface area contributed by atoms with Crippen molar-refractivity contribution in [2.24, 2.45) is 0 Å². The first-order valence-corrected chi connectivity index (χ1v) is 5.38. The fourth-order valence-electron chi connectivity index (χ4n) is 1.22. The SMILES string of the molecule is O=c1cc(Cc2cccs2)[nH]c(=S)[nH]1. The second-order valence-electron chi connectivity index (χ2n) is 2.87. The van der Waals surface area contributed by atoms with Gasteiger partial charge >= 0.3 is 0 Å². The minimum absolute atomic E-state index is 0.152. The van der Waals surface area contributed by atoms with E-state index in [1.165, 1.54) is 10.9 Å². The highest BCUT2D eigenvalue weighted by Gasteiger charge is 1.98. The molecule has 2 heterocycles. The van der Waals surface area contributed by atoms with Crippen molar-refractivity contribution < 1.29 is 0 Å². The predicted molar refractivity (Wildman–Crippen MR) is 59.4 cm³/mol. The van der Waals surface area contributed by atoms with Crippen LogP contribution in [-0.4, -0.2) is 9.97 Å². The van der Waals surface area contributed by atoms with Gasteiger partial charge in [0.2, 0.25) is 0 Å². The van der Waals surface area contributed by atoms with Crippen LogP contribution in [0.2, 0.25) is 0 Å². The molecule has 0 aromatic carbocycles. The van der Waals surface area contributed by atoms with Gasteiger partial charge in [-0.3, -0.25) is 9.78 Å². The predicted octanol–water partition coefficient (Wildman–Crippen LogP) is 2.08. The van der Waals surface area contributed by atoms with Crippen molar-refractivity contribution in [3.63, 3.8) is 0 Å². The number of nitrogens with one attached hydrogen (secondary N) is 2. The molecule has 2 aromatic rings. The molecule has 0 fully saturated rings. The van der Waals surface area contributed by atoms with E-state index in [1.807, 2.05) is 17.5 Å². The molecule has 14 heavy (non-hydrogen) atoms. The van der Waals surface area contributed by atoms with Crippen LogP contribution >= 0.6 is 23.6 Å². The van der Waals surface area contributed by atoms with E-state index < -0.39 is 0 Å². The summed E-state index contributed by atoms with van der Waals surface area (Å²) in [5.74, 6) is 0. The van der Waals surface area contributed by atoms with Crippen LogP contribution < -0.4 is 5.56 Å². The molecule has 0 saturated heterocycles. The Hall–Kier alpha value is -1.20. The third kappa shape index (κ3) is 2.18. The molecule has 5 heteroatoms. The molecule has 0 unspecified atom stereocenters. The number of aromatic nitrogens is 2. The van der Waals surface area contributed by atoms with Crippen molar-refractivity contribution in [2.75, 3.05) is 0 Å². The molecule has 0 bridgehead atoms. The third-order valence-corrected chi connectivity index (χ3v) is 2.84. The molecule has 2 N–H and O–H groups in total. The Kier molecular flexibility index (Phi) is 2.60. The Morgan fingerprint density at radius 1 is 1.43 bits per heavy atom. The number of hydrogen-bond donors (Lipinski definition) is 2. The Morgan fingerprint density at radius 2 is 2.29 bits per heavy atom. The van der Waals surface area contributed by atoms with Gasteiger partial charge in [-0.15, -0.1) is 11.3 Å². The van der Waals surface area contributed by atoms with Crippen molar-refractivity contribution in [2.45, 2.75) is 6.42 Å². The average Bonchev–Trinajstić information content (AvgIpc) is 2.54. The lowest BCUT2D eigenvalue weighted by Crippen LogP contribution is -2.08. The van der Waals surface area contributed by atoms with Gasteiger partial charge in [0.25, 0.3) is 5.56 Å². The van der Waals surface area contributed by atoms with E-state index in [-0.39, 0.29) is 5.56 Å². The van der Waals surface area contributed by atoms with E-state index in [1.54, 1.807) is 11.3 Å². The largest absolute Gasteiger partial charge is 0.336 e. The molecule has 0 saturated carbocycles. The summed E-state index contributed by atoms with van der Waals surface area (Å²) < 4.78 is 0.379. The van der Waals surface area contributed by atoms with Crippen LogP contribution in [0.15, 0.2) is 28.4 Å². The van der Waals surface area contributed by atoms with Crippen LogP contribution in [0.4, 0.5) is 0 Å². The summed E-state index contributed by atoms with van der Waals surface area (Å²) >= 11 is 6.54. The maximum absolute atomic E-state index is 11.1. The second kappa shape index (κ2) is 3.89. The molecular weight excluding hydrogens is 216 g/mol. The van der Waals surface area contributed by atoms with Gasteiger partial charge in [0.05, 0.1) is 0 Å². The van der Waals surface area contributed by atoms with Crippen molar-refractivity contribution >= 4 is 23.6 Å². The van der Waals surface area contributed by atoms with E-state index in [0.717, 1.165) is 12.1 Å². The number of H-pyrrole nitrogens is 2. The van der Waals surface area contributed by atoms with Gasteiger partial charge in [0.1, 0.15) is 0 Å². The van der Waals surface area contributed by atoms with E-state index in [0.29, 0.717) is 4.77 Å². The smallest absolute Gasteiger partial charge is 0.251 e. The van der Waals surface area contributed by atoms with Gasteiger partial charge in [-0.25, -0.2) is 0 Å². The molecule has 0 aliphatic heterocycles. The summed E-state index contributed by atoms with van der Waals surface area (Å²) in [4.78, 5) is 17.8. The minimum Gasteiger partial charge on any atom is -0.336 e. The zero-order valence-corrected chi connectivity index (χ0v) is 8.87. The van der Waals surface area contributed by atoms with Crippen molar-refractivity contribution in [1.29, 1.82) is 0 Å². The molecule has 0 aliphatic carbocycles. The first-order valence-electron chi connectivity index (χ1n) is 4.09. The van der Waals surface area contributed by atoms with Crippen LogP contribution in [0.25, 0.3) is 0 Å². The highest BCUT2D eigenvalue weighted by Crippen LogP contribution is 2.11. The zero-order valence-electron chi connectivity index (χ0n) is 7.24. The molecule has 0 spiro atoms. The summed E-state index contributed by atoms with van der Waals surface area (Å²) in [6.07, 6.45) is 0.727. The quantitative estimate of drug-likeness (QED) is 0.767. The van der Waals surface area contributed by atoms with Crippen molar-refractivity contribution in [1.82, 2.24) is 9.97 Å². The van der Waals surface area contributed by atoms with Crippen LogP contribution in [0.1, 0.15) is 10.6 Å². The third-order valence-electron chi connectivity index (χ3n) is 1.76. The Balaban J connectivity index is 2.34. The van der Waals surface area contributed by atoms with Crippen molar-refractivity contribution in [3.05, 3.63) is 49.3 Å². The highest BCUT2D eigenvalue weighted by molar-refractivity contribution is 7.71. The molecule has 2 aromatic heterocycles. The molecule has 0 atom stereocenters. The van der Waals surface area contributed by atoms with E-state index in [4.69, 9.17) is 12.2 Å². The van der Waals surface area contributed by atoms with Gasteiger partial charge in [-0.1, -0.05) is 6.07 Å². The Labute approximate surface area is 89.5 Å². The molecule has 3 nitrogen and oxygen atoms in total. The Bertz CT molecular complexity index is 496. The van der Waals surface area contributed by atoms with Gasteiger partial charge < -0.3 is 4.98 Å². The second-order valence-corrected chi connectivity index (χ2v) is 4.31. The molecular formula is C9H8N2OS2. The first-order chi connectivity index (χ1) is 6.74. The minimum atomic E-state index is -0.152. The molecule has 0 amide bonds. The standard InChI is InChI=1S/C9H8N2OS2/c12-8-5-6(10-9(13)11-8)4-7-2-1-3-14-7/h1-3,5H,4H2,(H2,10,11,12,13). The fourth-order valence-corrected chi connectivity index (χ4v) is 2.18. The normalized spacial score (nSPS) is 10.3. The summed E-state index contributed by atoms with van der Waals surface area (Å²) in [6.45, 7) is 0. The van der Waals surface area contributed by atoms with Gasteiger partial charge in [0.15, 0.2) is 4.77 Å². The van der Waals surface area contributed by atoms with E-state index in [9.17, 15) is 4.79 Å². The number of thiophene rings is 1. The Morgan fingerprint density at radius 3 is 2.93 bits per heavy atom. The van der Waals surface area contributed by atoms with Crippen LogP contribution in [0, 0.1) is 4.77 Å². The van der Waals surface area contributed by atoms with E-state index in [2.05, 4.69) is 9.97 Å². The summed E-state index contributed by atoms with van der Waals surface area (Å²) in [5, 5.41) is 2.01. The lowest BCUT2D eigenvalue weighted by molar-refractivity contribution is 0.995. The van der Waals surface area contributed by atoms with Crippen LogP contribution in [-0.2, 0) is 6.42 Å². The lowest BCUT2D eigenvalue weighted by Gasteiger charge is -1.97. The maximum atomic E-state index is 11.1. The monoisotopic (exact) mass is 224 g/mol. The van der Waals surface area contributed by atoms with Gasteiger partial charge in [-0.05, 0) is 23.7 Å². The van der Waals surface area contributed by atoms with E-state index >= 15 is 0 Å². The number of rotatable bonds is 2.